The summed E-state index contributed by atoms with van der Waals surface area (Å²) in [5, 5.41) is 0. The molecule has 0 saturated heterocycles. The fraction of sp³-hybridized carbons (Fsp3) is 0.773. The topological polar surface area (TPSA) is 78.9 Å². The fourth-order valence-electron chi connectivity index (χ4n) is 10.2. The summed E-state index contributed by atoms with van der Waals surface area (Å²) < 4.78 is 17.0. The summed E-state index contributed by atoms with van der Waals surface area (Å²) in [6.07, 6.45) is 91.8. The average molecular weight is 1130 g/mol. The Morgan fingerprint density at radius 1 is 0.259 bits per heavy atom. The van der Waals surface area contributed by atoms with Crippen molar-refractivity contribution in [2.24, 2.45) is 0 Å². The van der Waals surface area contributed by atoms with Crippen LogP contribution in [-0.4, -0.2) is 37.2 Å². The number of hydrogen-bond acceptors (Lipinski definition) is 6. The van der Waals surface area contributed by atoms with Gasteiger partial charge < -0.3 is 14.2 Å². The highest BCUT2D eigenvalue weighted by Gasteiger charge is 2.19. The van der Waals surface area contributed by atoms with Crippen LogP contribution < -0.4 is 0 Å². The van der Waals surface area contributed by atoms with Crippen LogP contribution in [0.2, 0.25) is 0 Å². The minimum Gasteiger partial charge on any atom is -0.462 e. The van der Waals surface area contributed by atoms with E-state index in [4.69, 9.17) is 14.2 Å². The third kappa shape index (κ3) is 67.3. The largest absolute Gasteiger partial charge is 0.462 e. The van der Waals surface area contributed by atoms with E-state index in [-0.39, 0.29) is 31.1 Å². The third-order valence-corrected chi connectivity index (χ3v) is 15.4. The van der Waals surface area contributed by atoms with Crippen molar-refractivity contribution in [2.45, 2.75) is 361 Å². The molecule has 1 atom stereocenters. The molecule has 0 amide bonds. The molecule has 0 aliphatic rings. The molecule has 0 saturated carbocycles. The summed E-state index contributed by atoms with van der Waals surface area (Å²) in [5.74, 6) is -0.871. The lowest BCUT2D eigenvalue weighted by Gasteiger charge is -2.18. The molecule has 0 spiro atoms. The monoisotopic (exact) mass is 1130 g/mol. The van der Waals surface area contributed by atoms with E-state index in [1.54, 1.807) is 0 Å². The summed E-state index contributed by atoms with van der Waals surface area (Å²) in [5.41, 5.74) is 0. The molecule has 6 nitrogen and oxygen atoms in total. The van der Waals surface area contributed by atoms with Crippen molar-refractivity contribution in [3.8, 4) is 0 Å². The number of ether oxygens (including phenoxy) is 3. The van der Waals surface area contributed by atoms with Gasteiger partial charge in [0.1, 0.15) is 13.2 Å². The van der Waals surface area contributed by atoms with Gasteiger partial charge in [-0.25, -0.2) is 0 Å². The molecule has 0 N–H and O–H groups in total. The summed E-state index contributed by atoms with van der Waals surface area (Å²) in [6, 6.07) is 0. The Hall–Kier alpha value is -3.41. The molecule has 0 aromatic rings. The van der Waals surface area contributed by atoms with Gasteiger partial charge >= 0.3 is 17.9 Å². The van der Waals surface area contributed by atoms with Gasteiger partial charge in [-0.15, -0.1) is 0 Å². The Morgan fingerprint density at radius 2 is 0.481 bits per heavy atom. The lowest BCUT2D eigenvalue weighted by Crippen LogP contribution is -2.30. The molecule has 1 unspecified atom stereocenters. The second-order valence-corrected chi connectivity index (χ2v) is 23.4. The van der Waals surface area contributed by atoms with E-state index in [1.807, 2.05) is 0 Å². The van der Waals surface area contributed by atoms with Crippen molar-refractivity contribution in [1.29, 1.82) is 0 Å². The molecule has 0 aromatic heterocycles. The molecule has 0 aliphatic carbocycles. The average Bonchev–Trinajstić information content (AvgIpc) is 3.47. The Morgan fingerprint density at radius 3 is 0.765 bits per heavy atom. The first-order chi connectivity index (χ1) is 40.0. The van der Waals surface area contributed by atoms with Gasteiger partial charge in [-0.2, -0.15) is 0 Å². The van der Waals surface area contributed by atoms with Crippen molar-refractivity contribution in [3.05, 3.63) is 85.1 Å². The Kier molecular flexibility index (Phi) is 66.2. The van der Waals surface area contributed by atoms with Crippen molar-refractivity contribution in [3.63, 3.8) is 0 Å². The van der Waals surface area contributed by atoms with Crippen LogP contribution >= 0.6 is 0 Å². The molecule has 0 aromatic carbocycles. The maximum atomic E-state index is 12.9. The van der Waals surface area contributed by atoms with Gasteiger partial charge in [-0.1, -0.05) is 324 Å². The molecule has 0 fully saturated rings. The lowest BCUT2D eigenvalue weighted by atomic mass is 10.0. The number of unbranched alkanes of at least 4 members (excludes halogenated alkanes) is 39. The van der Waals surface area contributed by atoms with Crippen LogP contribution in [0.15, 0.2) is 85.1 Å². The normalized spacial score (nSPS) is 12.6. The van der Waals surface area contributed by atoms with Gasteiger partial charge in [0.25, 0.3) is 0 Å². The summed E-state index contributed by atoms with van der Waals surface area (Å²) in [4.78, 5) is 38.4. The highest BCUT2D eigenvalue weighted by Crippen LogP contribution is 2.18. The Balaban J connectivity index is 4.23. The fourth-order valence-corrected chi connectivity index (χ4v) is 10.2. The molecular weight excluding hydrogens is 997 g/mol. The van der Waals surface area contributed by atoms with E-state index in [0.29, 0.717) is 19.3 Å². The zero-order valence-corrected chi connectivity index (χ0v) is 53.8. The predicted octanol–water partition coefficient (Wildman–Crippen LogP) is 24.2. The van der Waals surface area contributed by atoms with Crippen LogP contribution in [0.25, 0.3) is 0 Å². The van der Waals surface area contributed by atoms with Gasteiger partial charge in [0, 0.05) is 19.3 Å². The van der Waals surface area contributed by atoms with Crippen molar-refractivity contribution >= 4 is 17.9 Å². The Bertz CT molecular complexity index is 1530. The summed E-state index contributed by atoms with van der Waals surface area (Å²) >= 11 is 0. The first kappa shape index (κ1) is 77.6. The van der Waals surface area contributed by atoms with Crippen LogP contribution in [0, 0.1) is 0 Å². The molecule has 0 rings (SSSR count). The van der Waals surface area contributed by atoms with Gasteiger partial charge in [-0.05, 0) is 96.3 Å². The second kappa shape index (κ2) is 69.1. The highest BCUT2D eigenvalue weighted by atomic mass is 16.6. The van der Waals surface area contributed by atoms with Crippen molar-refractivity contribution < 1.29 is 28.6 Å². The zero-order valence-electron chi connectivity index (χ0n) is 53.8. The molecule has 0 aliphatic heterocycles. The SMILES string of the molecule is CC/C=C\C/C=C\C/C=C\C/C=C\C/C=C\CCCCCCCCCCCCCCCCCC(=O)OCC(COC(=O)CCCCCCCCCCCCCCCCCC)OC(=O)CCCCCCC/C=C\C/C=C\CCCCCC. The highest BCUT2D eigenvalue weighted by molar-refractivity contribution is 5.71. The molecule has 6 heteroatoms. The number of carbonyl (C=O) groups excluding carboxylic acids is 3. The number of hydrogen-bond donors (Lipinski definition) is 0. The van der Waals surface area contributed by atoms with Crippen LogP contribution in [-0.2, 0) is 28.6 Å². The number of carbonyl (C=O) groups is 3. The quantitative estimate of drug-likeness (QED) is 0.0261. The number of allylic oxidation sites excluding steroid dienone is 14. The van der Waals surface area contributed by atoms with Gasteiger partial charge in [0.15, 0.2) is 6.10 Å². The summed E-state index contributed by atoms with van der Waals surface area (Å²) in [7, 11) is 0. The van der Waals surface area contributed by atoms with Crippen molar-refractivity contribution in [2.75, 3.05) is 13.2 Å². The van der Waals surface area contributed by atoms with Crippen LogP contribution in [0.3, 0.4) is 0 Å². The smallest absolute Gasteiger partial charge is 0.306 e. The minimum absolute atomic E-state index is 0.0769. The predicted molar refractivity (Wildman–Crippen MR) is 353 cm³/mol. The van der Waals surface area contributed by atoms with E-state index in [1.165, 1.54) is 199 Å². The molecule has 468 valence electrons. The maximum Gasteiger partial charge on any atom is 0.306 e. The summed E-state index contributed by atoms with van der Waals surface area (Å²) in [6.45, 7) is 6.55. The molecule has 0 heterocycles. The number of rotatable bonds is 64. The van der Waals surface area contributed by atoms with E-state index in [0.717, 1.165) is 116 Å². The van der Waals surface area contributed by atoms with Gasteiger partial charge in [0.2, 0.25) is 0 Å². The number of esters is 3. The van der Waals surface area contributed by atoms with Crippen molar-refractivity contribution in [1.82, 2.24) is 0 Å². The van der Waals surface area contributed by atoms with E-state index in [9.17, 15) is 14.4 Å². The first-order valence-corrected chi connectivity index (χ1v) is 35.1. The Labute approximate surface area is 503 Å². The standard InChI is InChI=1S/C75H132O6/c1-4-7-10-13-16-19-22-25-28-31-32-33-34-35-36-37-38-39-40-41-42-43-44-45-48-50-53-56-59-62-65-68-74(77)80-71-72(81-75(78)69-66-63-60-57-54-51-47-30-27-24-21-18-15-12-9-6-3)70-79-73(76)67-64-61-58-55-52-49-46-29-26-23-20-17-14-11-8-5-2/h7,10,16,19,21,24-25,28,30,32-33,35-36,47,72H,4-6,8-9,11-15,17-18,20,22-23,26-27,29,31,34,37-46,48-71H2,1-3H3/b10-7-,19-16-,24-21-,28-25-,33-32-,36-35-,47-30-. The maximum absolute atomic E-state index is 12.9. The van der Waals surface area contributed by atoms with Gasteiger partial charge in [-0.3, -0.25) is 14.4 Å². The minimum atomic E-state index is -0.782. The molecule has 0 bridgehead atoms. The zero-order chi connectivity index (χ0) is 58.5. The van der Waals surface area contributed by atoms with Crippen LogP contribution in [0.4, 0.5) is 0 Å². The van der Waals surface area contributed by atoms with Crippen LogP contribution in [0.5, 0.6) is 0 Å². The van der Waals surface area contributed by atoms with E-state index >= 15 is 0 Å². The second-order valence-electron chi connectivity index (χ2n) is 23.4. The third-order valence-electron chi connectivity index (χ3n) is 15.4. The van der Waals surface area contributed by atoms with E-state index in [2.05, 4.69) is 106 Å². The van der Waals surface area contributed by atoms with Crippen LogP contribution in [0.1, 0.15) is 355 Å². The first-order valence-electron chi connectivity index (χ1n) is 35.1. The molecular formula is C75H132O6. The van der Waals surface area contributed by atoms with Gasteiger partial charge in [0.05, 0.1) is 0 Å². The lowest BCUT2D eigenvalue weighted by molar-refractivity contribution is -0.167. The molecule has 81 heavy (non-hydrogen) atoms. The molecule has 0 radical (unpaired) electrons. The van der Waals surface area contributed by atoms with E-state index < -0.39 is 6.10 Å².